The zero-order valence-corrected chi connectivity index (χ0v) is 12.4. The second-order valence-electron chi connectivity index (χ2n) is 4.69. The molecule has 0 atom stereocenters. The fraction of sp³-hybridized carbons (Fsp3) is 0.222. The molecule has 1 aromatic carbocycles. The molecular weight excluding hydrogens is 358 g/mol. The number of alkyl halides is 3. The van der Waals surface area contributed by atoms with Crippen LogP contribution in [0.4, 0.5) is 13.2 Å². The molecule has 2 aromatic rings. The van der Waals surface area contributed by atoms with Crippen molar-refractivity contribution in [1.82, 2.24) is 25.3 Å². The molecule has 132 valence electrons. The third kappa shape index (κ3) is 4.27. The van der Waals surface area contributed by atoms with Gasteiger partial charge in [0.15, 0.2) is 0 Å². The fourth-order valence-electron chi connectivity index (χ4n) is 1.71. The maximum absolute atomic E-state index is 13.2. The summed E-state index contributed by atoms with van der Waals surface area (Å²) >= 11 is 0. The molecule has 0 aliphatic carbocycles. The minimum absolute atomic E-state index is 0.139. The van der Waals surface area contributed by atoms with E-state index in [-0.39, 0.29) is 11.4 Å². The van der Waals surface area contributed by atoms with Gasteiger partial charge in [-0.3, -0.25) is 0 Å². The molecule has 0 amide bonds. The average Bonchev–Trinajstić information content (AvgIpc) is 2.97. The van der Waals surface area contributed by atoms with Crippen LogP contribution in [0.15, 0.2) is 23.1 Å². The molecule has 15 heteroatoms. The van der Waals surface area contributed by atoms with Gasteiger partial charge in [-0.25, -0.2) is 13.1 Å². The number of H-pyrrole nitrogens is 1. The summed E-state index contributed by atoms with van der Waals surface area (Å²) in [6.07, 6.45) is -6.31. The summed E-state index contributed by atoms with van der Waals surface area (Å²) in [4.78, 5) is -1.16. The van der Waals surface area contributed by atoms with Crippen LogP contribution in [0.3, 0.4) is 0 Å². The van der Waals surface area contributed by atoms with E-state index in [4.69, 9.17) is 15.1 Å². The standard InChI is InChI=1S/C9H10BF3N5O5S/c11-9(12,13)6-3-5(8-15-17-18-16-8)1-2-7(6)24(22,23)14-4-10(19,20)21/h1-3,14,19-21H,4H2,(H,15,16,17,18)/q-1. The van der Waals surface area contributed by atoms with E-state index in [9.17, 15) is 21.6 Å². The highest BCUT2D eigenvalue weighted by molar-refractivity contribution is 7.89. The maximum Gasteiger partial charge on any atom is 0.417 e. The van der Waals surface area contributed by atoms with Gasteiger partial charge < -0.3 is 15.1 Å². The highest BCUT2D eigenvalue weighted by Gasteiger charge is 2.38. The van der Waals surface area contributed by atoms with Crippen LogP contribution in [0.25, 0.3) is 11.4 Å². The van der Waals surface area contributed by atoms with E-state index >= 15 is 0 Å². The van der Waals surface area contributed by atoms with Gasteiger partial charge in [-0.1, -0.05) is 0 Å². The zero-order chi connectivity index (χ0) is 18.2. The van der Waals surface area contributed by atoms with Crippen molar-refractivity contribution in [1.29, 1.82) is 0 Å². The molecule has 0 radical (unpaired) electrons. The zero-order valence-electron chi connectivity index (χ0n) is 11.6. The van der Waals surface area contributed by atoms with E-state index in [1.807, 2.05) is 0 Å². The normalized spacial score (nSPS) is 13.2. The summed E-state index contributed by atoms with van der Waals surface area (Å²) in [5.41, 5.74) is -1.66. The lowest BCUT2D eigenvalue weighted by atomic mass is 9.82. The van der Waals surface area contributed by atoms with E-state index in [0.29, 0.717) is 12.1 Å². The largest absolute Gasteiger partial charge is 0.559 e. The first-order valence-electron chi connectivity index (χ1n) is 6.18. The summed E-state index contributed by atoms with van der Waals surface area (Å²) < 4.78 is 64.9. The molecule has 0 saturated heterocycles. The lowest BCUT2D eigenvalue weighted by molar-refractivity contribution is -0.139. The molecule has 0 saturated carbocycles. The summed E-state index contributed by atoms with van der Waals surface area (Å²) in [5, 5.41) is 38.4. The lowest BCUT2D eigenvalue weighted by Gasteiger charge is -2.21. The van der Waals surface area contributed by atoms with Gasteiger partial charge >= 0.3 is 12.9 Å². The summed E-state index contributed by atoms with van der Waals surface area (Å²) in [6, 6.07) is 2.18. The van der Waals surface area contributed by atoms with Gasteiger partial charge in [0.1, 0.15) is 0 Å². The Kier molecular flexibility index (Phi) is 4.64. The Labute approximate surface area is 132 Å². The smallest absolute Gasteiger partial charge is 0.417 e. The molecule has 1 heterocycles. The molecule has 0 unspecified atom stereocenters. The van der Waals surface area contributed by atoms with Gasteiger partial charge in [0, 0.05) is 5.56 Å². The third-order valence-electron chi connectivity index (χ3n) is 2.73. The Morgan fingerprint density at radius 3 is 2.42 bits per heavy atom. The van der Waals surface area contributed by atoms with Gasteiger partial charge in [-0.15, -0.1) is 10.2 Å². The van der Waals surface area contributed by atoms with Crippen LogP contribution in [0, 0.1) is 0 Å². The van der Waals surface area contributed by atoms with E-state index in [1.165, 1.54) is 4.72 Å². The molecule has 0 aliphatic heterocycles. The van der Waals surface area contributed by atoms with Crippen molar-refractivity contribution in [2.75, 3.05) is 6.44 Å². The van der Waals surface area contributed by atoms with Gasteiger partial charge in [0.25, 0.3) is 0 Å². The van der Waals surface area contributed by atoms with Crippen molar-refractivity contribution >= 4 is 16.8 Å². The van der Waals surface area contributed by atoms with Crippen LogP contribution in [0.1, 0.15) is 5.56 Å². The Hall–Kier alpha value is -2.07. The molecule has 2 rings (SSSR count). The number of benzene rings is 1. The van der Waals surface area contributed by atoms with Gasteiger partial charge in [-0.05, 0) is 29.9 Å². The van der Waals surface area contributed by atoms with Gasteiger partial charge in [-0.2, -0.15) is 18.4 Å². The maximum atomic E-state index is 13.2. The predicted molar refractivity (Wildman–Crippen MR) is 72.2 cm³/mol. The molecule has 0 spiro atoms. The summed E-state index contributed by atoms with van der Waals surface area (Å²) in [6.45, 7) is -4.05. The van der Waals surface area contributed by atoms with E-state index in [1.54, 1.807) is 0 Å². The number of rotatable bonds is 5. The number of halogens is 3. The quantitative estimate of drug-likeness (QED) is 0.404. The Morgan fingerprint density at radius 1 is 1.25 bits per heavy atom. The minimum Gasteiger partial charge on any atom is -0.559 e. The van der Waals surface area contributed by atoms with E-state index in [2.05, 4.69) is 20.6 Å². The molecule has 0 aliphatic rings. The lowest BCUT2D eigenvalue weighted by Crippen LogP contribution is -2.48. The van der Waals surface area contributed by atoms with Crippen molar-refractivity contribution in [2.24, 2.45) is 0 Å². The van der Waals surface area contributed by atoms with E-state index in [0.717, 1.165) is 6.07 Å². The SMILES string of the molecule is O=S(=O)(NC[B-](O)(O)O)c1ccc(-c2nn[nH]n2)cc1C(F)(F)F. The van der Waals surface area contributed by atoms with Crippen molar-refractivity contribution in [3.8, 4) is 11.4 Å². The third-order valence-corrected chi connectivity index (χ3v) is 4.21. The van der Waals surface area contributed by atoms with Crippen LogP contribution in [-0.2, 0) is 16.2 Å². The molecule has 5 N–H and O–H groups in total. The number of aromatic amines is 1. The predicted octanol–water partition coefficient (Wildman–Crippen LogP) is -1.38. The van der Waals surface area contributed by atoms with Gasteiger partial charge in [0.05, 0.1) is 10.5 Å². The van der Waals surface area contributed by atoms with Crippen molar-refractivity contribution in [2.45, 2.75) is 11.1 Å². The number of hydrogen-bond donors (Lipinski definition) is 5. The highest BCUT2D eigenvalue weighted by atomic mass is 32.2. The molecule has 10 nitrogen and oxygen atoms in total. The van der Waals surface area contributed by atoms with Crippen LogP contribution < -0.4 is 4.72 Å². The van der Waals surface area contributed by atoms with Crippen LogP contribution in [-0.4, -0.2) is 57.3 Å². The van der Waals surface area contributed by atoms with Crippen molar-refractivity contribution in [3.63, 3.8) is 0 Å². The first-order chi connectivity index (χ1) is 10.9. The second-order valence-corrected chi connectivity index (χ2v) is 6.43. The highest BCUT2D eigenvalue weighted by Crippen LogP contribution is 2.36. The van der Waals surface area contributed by atoms with Crippen LogP contribution in [0.2, 0.25) is 0 Å². The number of nitrogens with zero attached hydrogens (tertiary/aromatic N) is 3. The Bertz CT molecular complexity index is 821. The number of hydrogen-bond acceptors (Lipinski definition) is 8. The van der Waals surface area contributed by atoms with E-state index < -0.39 is 39.9 Å². The first-order valence-corrected chi connectivity index (χ1v) is 7.66. The van der Waals surface area contributed by atoms with Crippen molar-refractivity contribution < 1.29 is 36.7 Å². The topological polar surface area (TPSA) is 161 Å². The van der Waals surface area contributed by atoms with Crippen LogP contribution in [0.5, 0.6) is 0 Å². The monoisotopic (exact) mass is 368 g/mol. The summed E-state index contributed by atoms with van der Waals surface area (Å²) in [5.74, 6) is -0.180. The van der Waals surface area contributed by atoms with Crippen LogP contribution >= 0.6 is 0 Å². The first kappa shape index (κ1) is 18.3. The van der Waals surface area contributed by atoms with Crippen molar-refractivity contribution in [3.05, 3.63) is 23.8 Å². The summed E-state index contributed by atoms with van der Waals surface area (Å²) in [7, 11) is -4.79. The average molecular weight is 368 g/mol. The Balaban J connectivity index is 2.50. The second kappa shape index (κ2) is 6.10. The number of sulfonamides is 1. The molecule has 0 bridgehead atoms. The number of aromatic nitrogens is 4. The fourth-order valence-corrected chi connectivity index (χ4v) is 3.02. The Morgan fingerprint density at radius 2 is 1.92 bits per heavy atom. The number of nitrogens with one attached hydrogen (secondary N) is 2. The molecule has 1 aromatic heterocycles. The molecular formula is C9H10BF3N5O5S-. The minimum atomic E-state index is -5.04. The molecule has 24 heavy (non-hydrogen) atoms. The van der Waals surface area contributed by atoms with Gasteiger partial charge in [0.2, 0.25) is 15.8 Å². The molecule has 0 fully saturated rings. The number of tetrazole rings is 1.